The zero-order valence-electron chi connectivity index (χ0n) is 17.3. The zero-order valence-corrected chi connectivity index (χ0v) is 18.1. The first kappa shape index (κ1) is 23.1. The van der Waals surface area contributed by atoms with Crippen LogP contribution in [0.25, 0.3) is 0 Å². The van der Waals surface area contributed by atoms with E-state index < -0.39 is 43.7 Å². The highest BCUT2D eigenvalue weighted by Gasteiger charge is 2.47. The summed E-state index contributed by atoms with van der Waals surface area (Å²) in [5, 5.41) is 12.8. The molecule has 11 heteroatoms. The van der Waals surface area contributed by atoms with Gasteiger partial charge in [0.05, 0.1) is 21.4 Å². The average Bonchev–Trinajstić information content (AvgIpc) is 3.24. The van der Waals surface area contributed by atoms with Crippen molar-refractivity contribution in [3.63, 3.8) is 0 Å². The zero-order chi connectivity index (χ0) is 23.1. The Hall–Kier alpha value is -2.56. The van der Waals surface area contributed by atoms with Crippen LogP contribution >= 0.6 is 0 Å². The molecule has 31 heavy (non-hydrogen) atoms. The van der Waals surface area contributed by atoms with Crippen LogP contribution in [0.3, 0.4) is 0 Å². The van der Waals surface area contributed by atoms with Gasteiger partial charge in [-0.25, -0.2) is 17.9 Å². The lowest BCUT2D eigenvalue weighted by molar-refractivity contribution is -0.140. The van der Waals surface area contributed by atoms with Gasteiger partial charge in [-0.1, -0.05) is 26.0 Å². The first-order valence-electron chi connectivity index (χ1n) is 9.76. The third-order valence-electron chi connectivity index (χ3n) is 5.20. The molecule has 2 atom stereocenters. The molecule has 2 aromatic rings. The summed E-state index contributed by atoms with van der Waals surface area (Å²) in [6.45, 7) is 5.90. The Balaban J connectivity index is 2.03. The fraction of sp³-hybridized carbons (Fsp3) is 0.500. The number of rotatable bonds is 6. The van der Waals surface area contributed by atoms with Gasteiger partial charge < -0.3 is 10.0 Å². The monoisotopic (exact) mass is 459 g/mol. The quantitative estimate of drug-likeness (QED) is 0.712. The maximum absolute atomic E-state index is 13.4. The summed E-state index contributed by atoms with van der Waals surface area (Å²) in [5.74, 6) is -0.598. The molecule has 0 bridgehead atoms. The summed E-state index contributed by atoms with van der Waals surface area (Å²) in [6.07, 6.45) is -5.17. The summed E-state index contributed by atoms with van der Waals surface area (Å²) in [5.41, 5.74) is -0.616. The molecular formula is C20H24F3N3O4S. The number of halogens is 3. The van der Waals surface area contributed by atoms with E-state index in [1.54, 1.807) is 17.7 Å². The van der Waals surface area contributed by atoms with Gasteiger partial charge in [0.1, 0.15) is 11.9 Å². The molecule has 7 nitrogen and oxygen atoms in total. The predicted molar refractivity (Wildman–Crippen MR) is 108 cm³/mol. The lowest BCUT2D eigenvalue weighted by Gasteiger charge is -2.24. The van der Waals surface area contributed by atoms with E-state index >= 15 is 0 Å². The van der Waals surface area contributed by atoms with Gasteiger partial charge in [0.25, 0.3) is 0 Å². The second-order valence-electron chi connectivity index (χ2n) is 8.12. The first-order valence-corrected chi connectivity index (χ1v) is 11.3. The number of hydrogen-bond acceptors (Lipinski definition) is 5. The van der Waals surface area contributed by atoms with Crippen LogP contribution in [-0.2, 0) is 27.4 Å². The molecule has 1 aliphatic heterocycles. The van der Waals surface area contributed by atoms with Crippen LogP contribution in [0.4, 0.5) is 19.0 Å². The van der Waals surface area contributed by atoms with Crippen LogP contribution in [0.5, 0.6) is 0 Å². The Bertz CT molecular complexity index is 1080. The number of benzene rings is 1. The lowest BCUT2D eigenvalue weighted by Crippen LogP contribution is -2.37. The number of carboxylic acids is 1. The number of sulfone groups is 1. The van der Waals surface area contributed by atoms with Crippen LogP contribution in [0.15, 0.2) is 35.2 Å². The van der Waals surface area contributed by atoms with Crippen molar-refractivity contribution >= 4 is 21.6 Å². The van der Waals surface area contributed by atoms with Crippen LogP contribution in [0.1, 0.15) is 31.5 Å². The molecule has 0 radical (unpaired) electrons. The highest BCUT2D eigenvalue weighted by molar-refractivity contribution is 7.92. The molecule has 1 aromatic carbocycles. The van der Waals surface area contributed by atoms with Crippen molar-refractivity contribution in [2.24, 2.45) is 5.92 Å². The molecule has 1 saturated heterocycles. The van der Waals surface area contributed by atoms with Crippen molar-refractivity contribution in [2.75, 3.05) is 11.4 Å². The molecule has 1 aliphatic rings. The van der Waals surface area contributed by atoms with Gasteiger partial charge in [-0.05, 0) is 31.4 Å². The van der Waals surface area contributed by atoms with Crippen molar-refractivity contribution in [3.8, 4) is 0 Å². The number of aromatic nitrogens is 2. The van der Waals surface area contributed by atoms with E-state index in [2.05, 4.69) is 5.10 Å². The predicted octanol–water partition coefficient (Wildman–Crippen LogP) is 3.37. The molecule has 0 aliphatic carbocycles. The number of hydrogen-bond donors (Lipinski definition) is 1. The van der Waals surface area contributed by atoms with Crippen molar-refractivity contribution in [1.82, 2.24) is 9.78 Å². The highest BCUT2D eigenvalue weighted by atomic mass is 32.2. The standard InChI is InChI=1S/C20H24F3N3O4S/c1-12(2)10-26-18(8-13(3)24-26)25-11-14(9-16(25)19(27)28)31(29,30)17-7-5-4-6-15(17)20(21,22)23/h4-8,12,14,16H,9-11H2,1-3H3,(H,27,28)/t14-,16-/m1/s1. The van der Waals surface area contributed by atoms with Gasteiger partial charge in [-0.3, -0.25) is 0 Å². The maximum atomic E-state index is 13.4. The van der Waals surface area contributed by atoms with E-state index in [4.69, 9.17) is 0 Å². The summed E-state index contributed by atoms with van der Waals surface area (Å²) in [6, 6.07) is 4.45. The number of nitrogens with zero attached hydrogens (tertiary/aromatic N) is 3. The summed E-state index contributed by atoms with van der Waals surface area (Å²) < 4.78 is 68.2. The summed E-state index contributed by atoms with van der Waals surface area (Å²) in [7, 11) is -4.44. The largest absolute Gasteiger partial charge is 0.480 e. The van der Waals surface area contributed by atoms with Crippen molar-refractivity contribution < 1.29 is 31.5 Å². The average molecular weight is 459 g/mol. The normalized spacial score (nSPS) is 19.9. The second-order valence-corrected chi connectivity index (χ2v) is 10.3. The van der Waals surface area contributed by atoms with Crippen LogP contribution < -0.4 is 4.90 Å². The van der Waals surface area contributed by atoms with Crippen molar-refractivity contribution in [2.45, 2.75) is 56.1 Å². The fourth-order valence-corrected chi connectivity index (χ4v) is 5.79. The number of aryl methyl sites for hydroxylation is 1. The Morgan fingerprint density at radius 2 is 1.94 bits per heavy atom. The van der Waals surface area contributed by atoms with E-state index in [1.807, 2.05) is 13.8 Å². The Kier molecular flexibility index (Phi) is 6.09. The van der Waals surface area contributed by atoms with Crippen LogP contribution in [0, 0.1) is 12.8 Å². The topological polar surface area (TPSA) is 92.5 Å². The minimum Gasteiger partial charge on any atom is -0.480 e. The molecular weight excluding hydrogens is 435 g/mol. The van der Waals surface area contributed by atoms with E-state index in [0.29, 0.717) is 18.1 Å². The molecule has 3 rings (SSSR count). The van der Waals surface area contributed by atoms with Gasteiger partial charge in [-0.2, -0.15) is 18.3 Å². The molecule has 1 N–H and O–H groups in total. The maximum Gasteiger partial charge on any atom is 0.417 e. The van der Waals surface area contributed by atoms with Gasteiger partial charge in [0, 0.05) is 19.2 Å². The van der Waals surface area contributed by atoms with Crippen LogP contribution in [0.2, 0.25) is 0 Å². The summed E-state index contributed by atoms with van der Waals surface area (Å²) >= 11 is 0. The van der Waals surface area contributed by atoms with Gasteiger partial charge in [0.2, 0.25) is 0 Å². The third-order valence-corrected chi connectivity index (χ3v) is 7.39. The van der Waals surface area contributed by atoms with Gasteiger partial charge in [-0.15, -0.1) is 0 Å². The minimum atomic E-state index is -4.85. The molecule has 0 amide bonds. The second kappa shape index (κ2) is 8.18. The van der Waals surface area contributed by atoms with Crippen LogP contribution in [-0.4, -0.2) is 47.1 Å². The lowest BCUT2D eigenvalue weighted by atomic mass is 10.2. The molecule has 170 valence electrons. The first-order chi connectivity index (χ1) is 14.3. The molecule has 0 unspecified atom stereocenters. The minimum absolute atomic E-state index is 0.196. The van der Waals surface area contributed by atoms with E-state index in [1.165, 1.54) is 11.0 Å². The molecule has 0 saturated carbocycles. The highest BCUT2D eigenvalue weighted by Crippen LogP contribution is 2.38. The molecule has 2 heterocycles. The number of alkyl halides is 3. The number of anilines is 1. The number of carbonyl (C=O) groups is 1. The molecule has 1 fully saturated rings. The van der Waals surface area contributed by atoms with Gasteiger partial charge in [0.15, 0.2) is 9.84 Å². The Morgan fingerprint density at radius 3 is 2.52 bits per heavy atom. The van der Waals surface area contributed by atoms with E-state index in [-0.39, 0.29) is 18.9 Å². The van der Waals surface area contributed by atoms with Gasteiger partial charge >= 0.3 is 12.1 Å². The van der Waals surface area contributed by atoms with E-state index in [9.17, 15) is 31.5 Å². The van der Waals surface area contributed by atoms with Crippen molar-refractivity contribution in [3.05, 3.63) is 41.6 Å². The SMILES string of the molecule is Cc1cc(N2C[C@H](S(=O)(=O)c3ccccc3C(F)(F)F)C[C@@H]2C(=O)O)n(CC(C)C)n1. The number of aliphatic carboxylic acids is 1. The Labute approximate surface area is 178 Å². The number of carboxylic acid groups (broad SMARTS) is 1. The Morgan fingerprint density at radius 1 is 1.29 bits per heavy atom. The van der Waals surface area contributed by atoms with E-state index in [0.717, 1.165) is 18.2 Å². The fourth-order valence-electron chi connectivity index (χ4n) is 3.88. The third kappa shape index (κ3) is 4.56. The molecule has 0 spiro atoms. The van der Waals surface area contributed by atoms with Crippen molar-refractivity contribution in [1.29, 1.82) is 0 Å². The molecule has 1 aromatic heterocycles. The smallest absolute Gasteiger partial charge is 0.417 e. The summed E-state index contributed by atoms with van der Waals surface area (Å²) in [4.78, 5) is 12.5.